The predicted octanol–water partition coefficient (Wildman–Crippen LogP) is 2.42. The molecule has 0 bridgehead atoms. The van der Waals surface area contributed by atoms with Gasteiger partial charge in [-0.1, -0.05) is 6.92 Å². The lowest BCUT2D eigenvalue weighted by atomic mass is 10.1. The Labute approximate surface area is 157 Å². The lowest BCUT2D eigenvalue weighted by Gasteiger charge is -2.20. The number of rotatable bonds is 9. The summed E-state index contributed by atoms with van der Waals surface area (Å²) < 4.78 is 10.7. The number of nitro groups is 1. The van der Waals surface area contributed by atoms with Crippen molar-refractivity contribution in [2.45, 2.75) is 39.7 Å². The van der Waals surface area contributed by atoms with E-state index >= 15 is 0 Å². The van der Waals surface area contributed by atoms with E-state index < -0.39 is 22.5 Å². The molecule has 27 heavy (non-hydrogen) atoms. The summed E-state index contributed by atoms with van der Waals surface area (Å²) >= 11 is 0. The molecule has 0 atom stereocenters. The summed E-state index contributed by atoms with van der Waals surface area (Å²) in [6.45, 7) is 7.72. The molecule has 0 unspecified atom stereocenters. The molecule has 0 aliphatic heterocycles. The molecule has 0 radical (unpaired) electrons. The molecule has 150 valence electrons. The van der Waals surface area contributed by atoms with Crippen LogP contribution in [0.25, 0.3) is 0 Å². The van der Waals surface area contributed by atoms with Crippen molar-refractivity contribution in [1.29, 1.82) is 0 Å². The number of hydrogen-bond acceptors (Lipinski definition) is 7. The SMILES string of the molecule is CCCNc1c(OCCNC(=O)OC(C)(C)C)cc(C(N)=O)cc1[N+](=O)[O-]. The number of alkyl carbamates (subject to hydrolysis) is 1. The Morgan fingerprint density at radius 2 is 1.93 bits per heavy atom. The van der Waals surface area contributed by atoms with Crippen LogP contribution in [-0.2, 0) is 4.74 Å². The third-order valence-corrected chi connectivity index (χ3v) is 3.14. The monoisotopic (exact) mass is 382 g/mol. The number of nitro benzene ring substituents is 1. The molecule has 0 spiro atoms. The minimum atomic E-state index is -0.808. The first kappa shape index (κ1) is 22.0. The molecule has 0 aliphatic carbocycles. The summed E-state index contributed by atoms with van der Waals surface area (Å²) in [6.07, 6.45) is 0.126. The molecule has 1 aromatic rings. The van der Waals surface area contributed by atoms with Crippen molar-refractivity contribution in [3.8, 4) is 5.75 Å². The quantitative estimate of drug-likeness (QED) is 0.338. The summed E-state index contributed by atoms with van der Waals surface area (Å²) in [5.41, 5.74) is 4.42. The molecule has 0 aliphatic rings. The second kappa shape index (κ2) is 9.60. The van der Waals surface area contributed by atoms with E-state index in [0.717, 1.165) is 12.5 Å². The molecule has 2 amide bonds. The van der Waals surface area contributed by atoms with Crippen molar-refractivity contribution in [2.75, 3.05) is 25.0 Å². The molecule has 1 aromatic carbocycles. The lowest BCUT2D eigenvalue weighted by molar-refractivity contribution is -0.384. The number of carbonyl (C=O) groups is 2. The molecular formula is C17H26N4O6. The zero-order valence-corrected chi connectivity index (χ0v) is 16.0. The summed E-state index contributed by atoms with van der Waals surface area (Å²) in [4.78, 5) is 33.8. The summed E-state index contributed by atoms with van der Waals surface area (Å²) in [5.74, 6) is -0.700. The van der Waals surface area contributed by atoms with Crippen LogP contribution in [0, 0.1) is 10.1 Å². The molecule has 4 N–H and O–H groups in total. The molecule has 0 heterocycles. The Morgan fingerprint density at radius 1 is 1.26 bits per heavy atom. The van der Waals surface area contributed by atoms with E-state index in [-0.39, 0.29) is 35.8 Å². The number of nitrogens with one attached hydrogen (secondary N) is 2. The highest BCUT2D eigenvalue weighted by Crippen LogP contribution is 2.36. The van der Waals surface area contributed by atoms with Crippen LogP contribution < -0.4 is 21.1 Å². The van der Waals surface area contributed by atoms with Crippen LogP contribution in [0.3, 0.4) is 0 Å². The van der Waals surface area contributed by atoms with E-state index in [1.54, 1.807) is 20.8 Å². The van der Waals surface area contributed by atoms with E-state index in [1.165, 1.54) is 6.07 Å². The number of nitrogens with zero attached hydrogens (tertiary/aromatic N) is 1. The van der Waals surface area contributed by atoms with Gasteiger partial charge in [-0.3, -0.25) is 14.9 Å². The standard InChI is InChI=1S/C17H26N4O6/c1-5-6-19-14-12(21(24)25)9-11(15(18)22)10-13(14)26-8-7-20-16(23)27-17(2,3)4/h9-10,19H,5-8H2,1-4H3,(H2,18,22)(H,20,23). The van der Waals surface area contributed by atoms with Gasteiger partial charge < -0.3 is 25.8 Å². The van der Waals surface area contributed by atoms with E-state index in [9.17, 15) is 19.7 Å². The zero-order chi connectivity index (χ0) is 20.6. The number of hydrogen-bond donors (Lipinski definition) is 3. The Morgan fingerprint density at radius 3 is 2.44 bits per heavy atom. The summed E-state index contributed by atoms with van der Waals surface area (Å²) in [5, 5.41) is 16.8. The molecular weight excluding hydrogens is 356 g/mol. The van der Waals surface area contributed by atoms with Gasteiger partial charge in [0.1, 0.15) is 18.0 Å². The molecule has 0 aromatic heterocycles. The number of amides is 2. The van der Waals surface area contributed by atoms with Crippen molar-refractivity contribution in [3.63, 3.8) is 0 Å². The highest BCUT2D eigenvalue weighted by Gasteiger charge is 2.22. The van der Waals surface area contributed by atoms with Gasteiger partial charge in [0.25, 0.3) is 5.69 Å². The average Bonchev–Trinajstić information content (AvgIpc) is 2.54. The Hall–Kier alpha value is -3.04. The first-order valence-corrected chi connectivity index (χ1v) is 8.51. The number of carbonyl (C=O) groups excluding carboxylic acids is 2. The Balaban J connectivity index is 2.91. The van der Waals surface area contributed by atoms with E-state index in [0.29, 0.717) is 6.54 Å². The Kier molecular flexibility index (Phi) is 7.82. The fourth-order valence-corrected chi connectivity index (χ4v) is 2.06. The van der Waals surface area contributed by atoms with Crippen molar-refractivity contribution in [3.05, 3.63) is 27.8 Å². The number of benzene rings is 1. The van der Waals surface area contributed by atoms with Crippen LogP contribution >= 0.6 is 0 Å². The third-order valence-electron chi connectivity index (χ3n) is 3.14. The van der Waals surface area contributed by atoms with Gasteiger partial charge in [0.15, 0.2) is 5.69 Å². The lowest BCUT2D eigenvalue weighted by Crippen LogP contribution is -2.34. The summed E-state index contributed by atoms with van der Waals surface area (Å²) in [7, 11) is 0. The first-order valence-electron chi connectivity index (χ1n) is 8.51. The van der Waals surface area contributed by atoms with Crippen LogP contribution in [0.15, 0.2) is 12.1 Å². The van der Waals surface area contributed by atoms with Gasteiger partial charge in [-0.25, -0.2) is 4.79 Å². The molecule has 0 saturated heterocycles. The van der Waals surface area contributed by atoms with Crippen LogP contribution in [0.1, 0.15) is 44.5 Å². The normalized spacial score (nSPS) is 10.8. The van der Waals surface area contributed by atoms with Crippen molar-refractivity contribution < 1.29 is 24.0 Å². The van der Waals surface area contributed by atoms with Crippen LogP contribution in [0.5, 0.6) is 5.75 Å². The van der Waals surface area contributed by atoms with Crippen molar-refractivity contribution >= 4 is 23.4 Å². The Bertz CT molecular complexity index is 699. The van der Waals surface area contributed by atoms with Gasteiger partial charge in [0.2, 0.25) is 5.91 Å². The van der Waals surface area contributed by atoms with Gasteiger partial charge in [0.05, 0.1) is 11.5 Å². The average molecular weight is 382 g/mol. The van der Waals surface area contributed by atoms with Gasteiger partial charge in [0, 0.05) is 18.2 Å². The number of primary amides is 1. The predicted molar refractivity (Wildman–Crippen MR) is 100 cm³/mol. The molecule has 1 rings (SSSR count). The topological polar surface area (TPSA) is 146 Å². The van der Waals surface area contributed by atoms with Crippen LogP contribution in [-0.4, -0.2) is 42.2 Å². The highest BCUT2D eigenvalue weighted by molar-refractivity contribution is 5.95. The summed E-state index contributed by atoms with van der Waals surface area (Å²) in [6, 6.07) is 2.44. The number of ether oxygens (including phenoxy) is 2. The zero-order valence-electron chi connectivity index (χ0n) is 16.0. The number of nitrogens with two attached hydrogens (primary N) is 1. The van der Waals surface area contributed by atoms with Crippen LogP contribution in [0.4, 0.5) is 16.2 Å². The maximum absolute atomic E-state index is 11.6. The fraction of sp³-hybridized carbons (Fsp3) is 0.529. The van der Waals surface area contributed by atoms with E-state index in [2.05, 4.69) is 10.6 Å². The second-order valence-corrected chi connectivity index (χ2v) is 6.69. The van der Waals surface area contributed by atoms with Gasteiger partial charge in [-0.05, 0) is 33.3 Å². The third kappa shape index (κ3) is 7.38. The maximum Gasteiger partial charge on any atom is 0.407 e. The van der Waals surface area contributed by atoms with Crippen molar-refractivity contribution in [2.24, 2.45) is 5.73 Å². The van der Waals surface area contributed by atoms with Gasteiger partial charge in [-0.15, -0.1) is 0 Å². The molecule has 10 nitrogen and oxygen atoms in total. The largest absolute Gasteiger partial charge is 0.489 e. The van der Waals surface area contributed by atoms with Crippen molar-refractivity contribution in [1.82, 2.24) is 5.32 Å². The molecule has 0 saturated carbocycles. The highest BCUT2D eigenvalue weighted by atomic mass is 16.6. The van der Waals surface area contributed by atoms with Gasteiger partial charge >= 0.3 is 6.09 Å². The minimum Gasteiger partial charge on any atom is -0.489 e. The number of anilines is 1. The van der Waals surface area contributed by atoms with Gasteiger partial charge in [-0.2, -0.15) is 0 Å². The fourth-order valence-electron chi connectivity index (χ4n) is 2.06. The minimum absolute atomic E-state index is 0.0133. The van der Waals surface area contributed by atoms with E-state index in [4.69, 9.17) is 15.2 Å². The second-order valence-electron chi connectivity index (χ2n) is 6.69. The van der Waals surface area contributed by atoms with Crippen LogP contribution in [0.2, 0.25) is 0 Å². The maximum atomic E-state index is 11.6. The van der Waals surface area contributed by atoms with E-state index in [1.807, 2.05) is 6.92 Å². The smallest absolute Gasteiger partial charge is 0.407 e. The molecule has 10 heteroatoms. The molecule has 0 fully saturated rings. The first-order chi connectivity index (χ1) is 12.5.